The van der Waals surface area contributed by atoms with Crippen LogP contribution < -0.4 is 0 Å². The highest BCUT2D eigenvalue weighted by molar-refractivity contribution is 7.20. The van der Waals surface area contributed by atoms with Crippen LogP contribution in [0, 0.1) is 5.92 Å². The molecule has 1 aliphatic rings. The van der Waals surface area contributed by atoms with Crippen LogP contribution in [0.15, 0.2) is 30.6 Å². The van der Waals surface area contributed by atoms with Crippen molar-refractivity contribution < 1.29 is 4.79 Å². The van der Waals surface area contributed by atoms with Crippen molar-refractivity contribution in [2.45, 2.75) is 25.7 Å². The van der Waals surface area contributed by atoms with Crippen LogP contribution in [-0.2, 0) is 0 Å². The number of hydrogen-bond acceptors (Lipinski definition) is 5. The van der Waals surface area contributed by atoms with Crippen LogP contribution >= 0.6 is 11.3 Å². The Hall–Kier alpha value is -2.25. The maximum atomic E-state index is 13.3. The first-order valence-electron chi connectivity index (χ1n) is 9.94. The van der Waals surface area contributed by atoms with Crippen LogP contribution in [0.2, 0.25) is 0 Å². The Labute approximate surface area is 169 Å². The van der Waals surface area contributed by atoms with Crippen molar-refractivity contribution in [3.63, 3.8) is 0 Å². The van der Waals surface area contributed by atoms with Crippen molar-refractivity contribution in [1.82, 2.24) is 25.0 Å². The van der Waals surface area contributed by atoms with Crippen molar-refractivity contribution in [3.8, 4) is 11.1 Å². The van der Waals surface area contributed by atoms with Crippen molar-refractivity contribution in [1.29, 1.82) is 0 Å². The topological polar surface area (TPSA) is 65.1 Å². The Bertz CT molecular complexity index is 928. The predicted molar refractivity (Wildman–Crippen MR) is 114 cm³/mol. The van der Waals surface area contributed by atoms with Crippen molar-refractivity contribution in [3.05, 3.63) is 35.6 Å². The van der Waals surface area contributed by atoms with Gasteiger partial charge in [-0.05, 0) is 50.6 Å². The first kappa shape index (κ1) is 19.1. The second-order valence-corrected chi connectivity index (χ2v) is 8.92. The molecule has 4 rings (SSSR count). The van der Waals surface area contributed by atoms with Crippen LogP contribution in [0.4, 0.5) is 0 Å². The van der Waals surface area contributed by atoms with Gasteiger partial charge in [0.05, 0.1) is 16.4 Å². The Balaban J connectivity index is 1.57. The van der Waals surface area contributed by atoms with Gasteiger partial charge in [0.1, 0.15) is 0 Å². The Morgan fingerprint density at radius 1 is 1.21 bits per heavy atom. The number of amides is 1. The molecule has 0 aliphatic heterocycles. The zero-order chi connectivity index (χ0) is 19.5. The molecule has 2 heterocycles. The van der Waals surface area contributed by atoms with Gasteiger partial charge in [0, 0.05) is 31.4 Å². The molecule has 7 heteroatoms. The number of nitrogens with zero attached hydrogens (tertiary/aromatic N) is 4. The number of benzene rings is 1. The number of aromatic amines is 1. The second-order valence-electron chi connectivity index (χ2n) is 7.89. The summed E-state index contributed by atoms with van der Waals surface area (Å²) in [7, 11) is 4.10. The number of carbonyl (C=O) groups is 1. The highest BCUT2D eigenvalue weighted by Gasteiger charge is 2.25. The number of carbonyl (C=O) groups excluding carboxylic acids is 1. The lowest BCUT2D eigenvalue weighted by molar-refractivity contribution is 0.0717. The van der Waals surface area contributed by atoms with Gasteiger partial charge in [0.2, 0.25) is 0 Å². The number of thiazole rings is 1. The van der Waals surface area contributed by atoms with E-state index in [4.69, 9.17) is 0 Å². The number of aromatic nitrogens is 3. The lowest BCUT2D eigenvalue weighted by atomic mass is 10.1. The molecule has 1 N–H and O–H groups in total. The Morgan fingerprint density at radius 2 is 2.04 bits per heavy atom. The van der Waals surface area contributed by atoms with Gasteiger partial charge in [0.15, 0.2) is 5.01 Å². The molecule has 1 fully saturated rings. The molecule has 1 aromatic carbocycles. The predicted octanol–water partition coefficient (Wildman–Crippen LogP) is 3.88. The molecule has 1 aliphatic carbocycles. The third kappa shape index (κ3) is 4.25. The smallest absolute Gasteiger partial charge is 0.282 e. The highest BCUT2D eigenvalue weighted by Crippen LogP contribution is 2.30. The molecule has 0 bridgehead atoms. The van der Waals surface area contributed by atoms with E-state index in [1.54, 1.807) is 6.20 Å². The van der Waals surface area contributed by atoms with E-state index in [0.29, 0.717) is 10.9 Å². The highest BCUT2D eigenvalue weighted by atomic mass is 32.1. The molecule has 6 nitrogen and oxygen atoms in total. The van der Waals surface area contributed by atoms with Gasteiger partial charge >= 0.3 is 0 Å². The molecule has 0 radical (unpaired) electrons. The van der Waals surface area contributed by atoms with Gasteiger partial charge in [-0.1, -0.05) is 18.9 Å². The molecule has 1 saturated carbocycles. The van der Waals surface area contributed by atoms with E-state index in [0.717, 1.165) is 41.0 Å². The number of nitrogens with one attached hydrogen (secondary N) is 1. The number of H-pyrrole nitrogens is 1. The van der Waals surface area contributed by atoms with Gasteiger partial charge in [-0.3, -0.25) is 9.89 Å². The average Bonchev–Trinajstić information content (AvgIpc) is 3.45. The Kier molecular flexibility index (Phi) is 5.73. The van der Waals surface area contributed by atoms with Crippen LogP contribution in [0.1, 0.15) is 35.5 Å². The summed E-state index contributed by atoms with van der Waals surface area (Å²) in [4.78, 5) is 22.1. The summed E-state index contributed by atoms with van der Waals surface area (Å²) >= 11 is 1.49. The molecule has 0 saturated heterocycles. The van der Waals surface area contributed by atoms with Gasteiger partial charge in [-0.15, -0.1) is 11.3 Å². The fraction of sp³-hybridized carbons (Fsp3) is 0.476. The number of likely N-dealkylation sites (N-methyl/N-ethyl adjacent to an activating group) is 1. The summed E-state index contributed by atoms with van der Waals surface area (Å²) in [6.45, 7) is 2.47. The summed E-state index contributed by atoms with van der Waals surface area (Å²) in [6.07, 6.45) is 8.73. The third-order valence-electron chi connectivity index (χ3n) is 5.46. The van der Waals surface area contributed by atoms with E-state index in [1.165, 1.54) is 37.0 Å². The van der Waals surface area contributed by atoms with Crippen LogP contribution in [0.25, 0.3) is 21.3 Å². The standard InChI is InChI=1S/C21H27N5OS/c1-25(2)9-10-26(14-15-5-3-4-6-15)21(27)20-24-18-8-7-16(11-19(18)28-20)17-12-22-23-13-17/h7-8,11-13,15H,3-6,9-10,14H2,1-2H3,(H,22,23). The van der Waals surface area contributed by atoms with E-state index < -0.39 is 0 Å². The monoisotopic (exact) mass is 397 g/mol. The molecule has 148 valence electrons. The molecule has 0 atom stereocenters. The lowest BCUT2D eigenvalue weighted by Gasteiger charge is -2.26. The largest absolute Gasteiger partial charge is 0.335 e. The average molecular weight is 398 g/mol. The zero-order valence-corrected chi connectivity index (χ0v) is 17.3. The van der Waals surface area contributed by atoms with E-state index in [-0.39, 0.29) is 5.91 Å². The Morgan fingerprint density at radius 3 is 2.75 bits per heavy atom. The molecular formula is C21H27N5OS. The molecule has 3 aromatic rings. The summed E-state index contributed by atoms with van der Waals surface area (Å²) in [6, 6.07) is 6.12. The molecular weight excluding hydrogens is 370 g/mol. The SMILES string of the molecule is CN(C)CCN(CC1CCCC1)C(=O)c1nc2ccc(-c3cn[nH]c3)cc2s1. The molecule has 1 amide bonds. The minimum Gasteiger partial charge on any atom is -0.335 e. The maximum Gasteiger partial charge on any atom is 0.282 e. The normalized spacial score (nSPS) is 15.0. The summed E-state index contributed by atoms with van der Waals surface area (Å²) in [5, 5.41) is 7.46. The molecule has 28 heavy (non-hydrogen) atoms. The van der Waals surface area contributed by atoms with Crippen LogP contribution in [-0.4, -0.2) is 64.6 Å². The minimum atomic E-state index is 0.0693. The fourth-order valence-corrected chi connectivity index (χ4v) is 4.81. The van der Waals surface area contributed by atoms with Gasteiger partial charge in [-0.2, -0.15) is 5.10 Å². The number of fused-ring (bicyclic) bond motifs is 1. The quantitative estimate of drug-likeness (QED) is 0.657. The summed E-state index contributed by atoms with van der Waals surface area (Å²) in [5.41, 5.74) is 3.00. The summed E-state index contributed by atoms with van der Waals surface area (Å²) in [5.74, 6) is 0.702. The van der Waals surface area contributed by atoms with E-state index in [2.05, 4.69) is 26.1 Å². The van der Waals surface area contributed by atoms with Gasteiger partial charge in [-0.25, -0.2) is 4.98 Å². The second kappa shape index (κ2) is 8.41. The van der Waals surface area contributed by atoms with Crippen molar-refractivity contribution in [2.24, 2.45) is 5.92 Å². The third-order valence-corrected chi connectivity index (χ3v) is 6.47. The first-order chi connectivity index (χ1) is 13.6. The van der Waals surface area contributed by atoms with Crippen LogP contribution in [0.5, 0.6) is 0 Å². The maximum absolute atomic E-state index is 13.3. The van der Waals surface area contributed by atoms with E-state index in [1.807, 2.05) is 37.3 Å². The number of hydrogen-bond donors (Lipinski definition) is 1. The van der Waals surface area contributed by atoms with Gasteiger partial charge in [0.25, 0.3) is 5.91 Å². The number of rotatable bonds is 7. The van der Waals surface area contributed by atoms with E-state index >= 15 is 0 Å². The summed E-state index contributed by atoms with van der Waals surface area (Å²) < 4.78 is 1.04. The molecule has 2 aromatic heterocycles. The van der Waals surface area contributed by atoms with Crippen LogP contribution in [0.3, 0.4) is 0 Å². The van der Waals surface area contributed by atoms with Crippen molar-refractivity contribution in [2.75, 3.05) is 33.7 Å². The van der Waals surface area contributed by atoms with Gasteiger partial charge < -0.3 is 9.80 Å². The lowest BCUT2D eigenvalue weighted by Crippen LogP contribution is -2.39. The fourth-order valence-electron chi connectivity index (χ4n) is 3.84. The minimum absolute atomic E-state index is 0.0693. The van der Waals surface area contributed by atoms with E-state index in [9.17, 15) is 4.79 Å². The molecule has 0 spiro atoms. The first-order valence-corrected chi connectivity index (χ1v) is 10.8. The molecule has 0 unspecified atom stereocenters. The van der Waals surface area contributed by atoms with Crippen molar-refractivity contribution >= 4 is 27.5 Å². The zero-order valence-electron chi connectivity index (χ0n) is 16.5.